The SMILES string of the molecule is COc1cccc(/C=C2/SC(=S)N(c3ccccc3C)C2=O)c1Oc1ccc([N+](=O)[O-])cc1[N+](=O)[O-]. The first-order valence-corrected chi connectivity index (χ1v) is 11.5. The molecule has 0 aliphatic carbocycles. The highest BCUT2D eigenvalue weighted by molar-refractivity contribution is 8.27. The van der Waals surface area contributed by atoms with Crippen molar-refractivity contribution >= 4 is 57.3 Å². The first kappa shape index (κ1) is 24.8. The normalized spacial score (nSPS) is 14.3. The summed E-state index contributed by atoms with van der Waals surface area (Å²) in [5, 5.41) is 22.6. The summed E-state index contributed by atoms with van der Waals surface area (Å²) in [6.07, 6.45) is 1.56. The lowest BCUT2D eigenvalue weighted by Crippen LogP contribution is -2.28. The van der Waals surface area contributed by atoms with E-state index in [2.05, 4.69) is 0 Å². The average Bonchev–Trinajstić information content (AvgIpc) is 3.12. The summed E-state index contributed by atoms with van der Waals surface area (Å²) in [5.41, 5.74) is 0.909. The zero-order valence-corrected chi connectivity index (χ0v) is 20.5. The number of nitrogens with zero attached hydrogens (tertiary/aromatic N) is 3. The van der Waals surface area contributed by atoms with Crippen LogP contribution >= 0.6 is 24.0 Å². The van der Waals surface area contributed by atoms with Gasteiger partial charge in [-0.05, 0) is 36.8 Å². The maximum absolute atomic E-state index is 13.3. The average molecular weight is 524 g/mol. The summed E-state index contributed by atoms with van der Waals surface area (Å²) in [6.45, 7) is 1.88. The van der Waals surface area contributed by atoms with Crippen LogP contribution in [0.1, 0.15) is 11.1 Å². The molecule has 0 N–H and O–H groups in total. The van der Waals surface area contributed by atoms with E-state index in [0.717, 1.165) is 35.5 Å². The zero-order valence-electron chi connectivity index (χ0n) is 18.9. The van der Waals surface area contributed by atoms with Crippen LogP contribution in [0.3, 0.4) is 0 Å². The number of benzene rings is 3. The number of thiocarbonyl (C=S) groups is 1. The van der Waals surface area contributed by atoms with Crippen molar-refractivity contribution in [2.24, 2.45) is 0 Å². The molecule has 3 aromatic rings. The monoisotopic (exact) mass is 523 g/mol. The predicted molar refractivity (Wildman–Crippen MR) is 140 cm³/mol. The molecule has 0 aromatic heterocycles. The lowest BCUT2D eigenvalue weighted by Gasteiger charge is -2.17. The molecule has 1 heterocycles. The summed E-state index contributed by atoms with van der Waals surface area (Å²) in [7, 11) is 1.40. The van der Waals surface area contributed by atoms with Crippen LogP contribution < -0.4 is 14.4 Å². The Morgan fingerprint density at radius 1 is 1.00 bits per heavy atom. The lowest BCUT2D eigenvalue weighted by atomic mass is 10.1. The molecule has 12 heteroatoms. The molecule has 0 radical (unpaired) electrons. The minimum absolute atomic E-state index is 0.0955. The van der Waals surface area contributed by atoms with Crippen LogP contribution in [0.5, 0.6) is 17.2 Å². The molecular formula is C24H17N3O7S2. The number of rotatable bonds is 7. The number of hydrogen-bond donors (Lipinski definition) is 0. The summed E-state index contributed by atoms with van der Waals surface area (Å²) in [4.78, 5) is 36.2. The number of aryl methyl sites for hydroxylation is 1. The van der Waals surface area contributed by atoms with Crippen LogP contribution in [-0.2, 0) is 4.79 Å². The standard InChI is InChI=1S/C24H17N3O7S2/c1-14-6-3-4-8-17(14)25-23(28)21(36-24(25)35)12-15-7-5-9-20(33-2)22(15)34-19-11-10-16(26(29)30)13-18(19)27(31)32/h3-13H,1-2H3/b21-12+. The van der Waals surface area contributed by atoms with E-state index in [1.54, 1.807) is 30.3 Å². The summed E-state index contributed by atoms with van der Waals surface area (Å²) < 4.78 is 11.6. The van der Waals surface area contributed by atoms with Crippen LogP contribution in [-0.4, -0.2) is 27.2 Å². The third-order valence-corrected chi connectivity index (χ3v) is 6.53. The van der Waals surface area contributed by atoms with Gasteiger partial charge in [-0.15, -0.1) is 0 Å². The van der Waals surface area contributed by atoms with Crippen LogP contribution in [0, 0.1) is 27.2 Å². The second kappa shape index (κ2) is 10.1. The molecule has 1 fully saturated rings. The van der Waals surface area contributed by atoms with Gasteiger partial charge in [0, 0.05) is 11.6 Å². The second-order valence-electron chi connectivity index (χ2n) is 7.45. The number of thioether (sulfide) groups is 1. The van der Waals surface area contributed by atoms with Crippen LogP contribution in [0.4, 0.5) is 17.1 Å². The molecule has 0 spiro atoms. The Morgan fingerprint density at radius 3 is 2.42 bits per heavy atom. The fourth-order valence-electron chi connectivity index (χ4n) is 3.51. The quantitative estimate of drug-likeness (QED) is 0.158. The van der Waals surface area contributed by atoms with Crippen molar-refractivity contribution in [2.45, 2.75) is 6.92 Å². The highest BCUT2D eigenvalue weighted by atomic mass is 32.2. The molecule has 3 aromatic carbocycles. The number of methoxy groups -OCH3 is 1. The fraction of sp³-hybridized carbons (Fsp3) is 0.0833. The van der Waals surface area contributed by atoms with Gasteiger partial charge in [-0.1, -0.05) is 54.3 Å². The molecule has 0 unspecified atom stereocenters. The topological polar surface area (TPSA) is 125 Å². The van der Waals surface area contributed by atoms with E-state index in [4.69, 9.17) is 21.7 Å². The Labute approximate surface area is 214 Å². The number of anilines is 1. The van der Waals surface area contributed by atoms with Crippen LogP contribution in [0.15, 0.2) is 65.6 Å². The van der Waals surface area contributed by atoms with Gasteiger partial charge in [0.15, 0.2) is 15.8 Å². The molecule has 1 aliphatic rings. The molecule has 1 aliphatic heterocycles. The number of para-hydroxylation sites is 2. The zero-order chi connectivity index (χ0) is 26.0. The number of nitro groups is 2. The number of hydrogen-bond acceptors (Lipinski definition) is 9. The third kappa shape index (κ3) is 4.76. The Morgan fingerprint density at radius 2 is 1.75 bits per heavy atom. The van der Waals surface area contributed by atoms with Gasteiger partial charge in [0.1, 0.15) is 0 Å². The number of carbonyl (C=O) groups is 1. The third-order valence-electron chi connectivity index (χ3n) is 5.23. The second-order valence-corrected chi connectivity index (χ2v) is 9.13. The van der Waals surface area contributed by atoms with E-state index in [0.29, 0.717) is 20.5 Å². The molecule has 36 heavy (non-hydrogen) atoms. The highest BCUT2D eigenvalue weighted by Crippen LogP contribution is 2.43. The Hall–Kier alpha value is -4.29. The molecular weight excluding hydrogens is 506 g/mol. The molecule has 4 rings (SSSR count). The van der Waals surface area contributed by atoms with Crippen molar-refractivity contribution in [3.63, 3.8) is 0 Å². The fourth-order valence-corrected chi connectivity index (χ4v) is 4.78. The first-order valence-electron chi connectivity index (χ1n) is 10.3. The van der Waals surface area contributed by atoms with Crippen molar-refractivity contribution < 1.29 is 24.1 Å². The van der Waals surface area contributed by atoms with Crippen molar-refractivity contribution in [1.29, 1.82) is 0 Å². The van der Waals surface area contributed by atoms with Gasteiger partial charge in [0.05, 0.1) is 33.6 Å². The summed E-state index contributed by atoms with van der Waals surface area (Å²) in [6, 6.07) is 15.3. The Kier molecular flexibility index (Phi) is 6.99. The van der Waals surface area contributed by atoms with Crippen molar-refractivity contribution in [3.05, 3.63) is 96.9 Å². The maximum atomic E-state index is 13.3. The minimum Gasteiger partial charge on any atom is -0.493 e. The predicted octanol–water partition coefficient (Wildman–Crippen LogP) is 6.02. The molecule has 0 bridgehead atoms. The largest absolute Gasteiger partial charge is 0.493 e. The Balaban J connectivity index is 1.76. The smallest absolute Gasteiger partial charge is 0.318 e. The molecule has 10 nitrogen and oxygen atoms in total. The number of amides is 1. The van der Waals surface area contributed by atoms with Crippen LogP contribution in [0.25, 0.3) is 6.08 Å². The van der Waals surface area contributed by atoms with E-state index >= 15 is 0 Å². The summed E-state index contributed by atoms with van der Waals surface area (Å²) in [5.74, 6) is -0.213. The van der Waals surface area contributed by atoms with Gasteiger partial charge in [-0.25, -0.2) is 0 Å². The van der Waals surface area contributed by atoms with Gasteiger partial charge in [0.25, 0.3) is 11.6 Å². The van der Waals surface area contributed by atoms with Crippen molar-refractivity contribution in [2.75, 3.05) is 12.0 Å². The lowest BCUT2D eigenvalue weighted by molar-refractivity contribution is -0.394. The Bertz CT molecular complexity index is 1460. The van der Waals surface area contributed by atoms with E-state index in [1.165, 1.54) is 12.0 Å². The van der Waals surface area contributed by atoms with Crippen molar-refractivity contribution in [1.82, 2.24) is 0 Å². The first-order chi connectivity index (χ1) is 17.2. The van der Waals surface area contributed by atoms with Gasteiger partial charge in [-0.3, -0.25) is 29.9 Å². The van der Waals surface area contributed by atoms with Gasteiger partial charge >= 0.3 is 5.69 Å². The van der Waals surface area contributed by atoms with Crippen molar-refractivity contribution in [3.8, 4) is 17.2 Å². The van der Waals surface area contributed by atoms with E-state index in [-0.39, 0.29) is 23.2 Å². The van der Waals surface area contributed by atoms with Gasteiger partial charge in [0.2, 0.25) is 5.75 Å². The molecule has 1 saturated heterocycles. The van der Waals surface area contributed by atoms with Gasteiger partial charge in [-0.2, -0.15) is 0 Å². The number of carbonyl (C=O) groups excluding carboxylic acids is 1. The van der Waals surface area contributed by atoms with E-state index in [1.807, 2.05) is 25.1 Å². The summed E-state index contributed by atoms with van der Waals surface area (Å²) >= 11 is 6.57. The molecule has 1 amide bonds. The molecule has 0 saturated carbocycles. The molecule has 0 atom stereocenters. The molecule has 182 valence electrons. The van der Waals surface area contributed by atoms with E-state index in [9.17, 15) is 25.0 Å². The van der Waals surface area contributed by atoms with Gasteiger partial charge < -0.3 is 9.47 Å². The van der Waals surface area contributed by atoms with E-state index < -0.39 is 21.2 Å². The minimum atomic E-state index is -0.773. The number of ether oxygens (including phenoxy) is 2. The van der Waals surface area contributed by atoms with Crippen LogP contribution in [0.2, 0.25) is 0 Å². The maximum Gasteiger partial charge on any atom is 0.318 e. The number of non-ortho nitro benzene ring substituents is 1. The number of nitro benzene ring substituents is 2. The highest BCUT2D eigenvalue weighted by Gasteiger charge is 2.34.